The molecular weight excluding hydrogens is 411 g/mol. The van der Waals surface area contributed by atoms with Crippen molar-refractivity contribution in [2.24, 2.45) is 0 Å². The molecule has 0 spiro atoms. The Labute approximate surface area is 178 Å². The van der Waals surface area contributed by atoms with Crippen molar-refractivity contribution >= 4 is 17.7 Å². The van der Waals surface area contributed by atoms with E-state index in [0.717, 1.165) is 27.9 Å². The molecule has 1 atom stereocenters. The lowest BCUT2D eigenvalue weighted by atomic mass is 9.87. The Balaban J connectivity index is 1.91. The van der Waals surface area contributed by atoms with E-state index in [1.54, 1.807) is 6.07 Å². The molecule has 0 radical (unpaired) electrons. The lowest BCUT2D eigenvalue weighted by Gasteiger charge is -2.26. The second-order valence-electron chi connectivity index (χ2n) is 7.01. The van der Waals surface area contributed by atoms with Crippen molar-refractivity contribution in [2.45, 2.75) is 36.6 Å². The van der Waals surface area contributed by atoms with Crippen molar-refractivity contribution in [2.75, 3.05) is 7.11 Å². The number of alkyl halides is 3. The first-order valence-corrected chi connectivity index (χ1v) is 10.3. The lowest BCUT2D eigenvalue weighted by Crippen LogP contribution is -2.25. The van der Waals surface area contributed by atoms with Crippen LogP contribution >= 0.6 is 11.8 Å². The summed E-state index contributed by atoms with van der Waals surface area (Å²) in [6, 6.07) is 13.0. The zero-order valence-corrected chi connectivity index (χ0v) is 17.7. The van der Waals surface area contributed by atoms with Crippen LogP contribution < -0.4 is 5.32 Å². The molecule has 1 unspecified atom stereocenters. The molecule has 0 saturated carbocycles. The number of allylic oxidation sites excluding steroid dienone is 3. The van der Waals surface area contributed by atoms with Crippen LogP contribution in [0.15, 0.2) is 76.5 Å². The third-order valence-corrected chi connectivity index (χ3v) is 5.98. The first kappa shape index (κ1) is 22.0. The molecule has 3 nitrogen and oxygen atoms in total. The molecule has 2 aromatic carbocycles. The summed E-state index contributed by atoms with van der Waals surface area (Å²) in [5.41, 5.74) is 3.01. The van der Waals surface area contributed by atoms with Gasteiger partial charge in [-0.15, -0.1) is 11.8 Å². The second kappa shape index (κ2) is 9.00. The molecule has 0 aliphatic carbocycles. The van der Waals surface area contributed by atoms with Crippen LogP contribution in [0.4, 0.5) is 13.2 Å². The van der Waals surface area contributed by atoms with Gasteiger partial charge in [-0.25, -0.2) is 4.79 Å². The predicted molar refractivity (Wildman–Crippen MR) is 112 cm³/mol. The number of rotatable bonds is 5. The van der Waals surface area contributed by atoms with Crippen LogP contribution in [0, 0.1) is 0 Å². The van der Waals surface area contributed by atoms with Crippen LogP contribution in [0.2, 0.25) is 0 Å². The number of dihydropyridines is 1. The number of esters is 1. The van der Waals surface area contributed by atoms with Gasteiger partial charge in [-0.05, 0) is 37.1 Å². The van der Waals surface area contributed by atoms with Crippen molar-refractivity contribution in [3.63, 3.8) is 0 Å². The van der Waals surface area contributed by atoms with Crippen molar-refractivity contribution in [1.82, 2.24) is 5.32 Å². The Hall–Kier alpha value is -2.67. The average Bonchev–Trinajstić information content (AvgIpc) is 2.71. The van der Waals surface area contributed by atoms with Gasteiger partial charge in [0.25, 0.3) is 0 Å². The first-order chi connectivity index (χ1) is 14.2. The lowest BCUT2D eigenvalue weighted by molar-refractivity contribution is -0.138. The molecule has 0 bridgehead atoms. The number of thioether (sulfide) groups is 1. The van der Waals surface area contributed by atoms with E-state index >= 15 is 0 Å². The van der Waals surface area contributed by atoms with Gasteiger partial charge in [0.2, 0.25) is 0 Å². The molecule has 0 aromatic heterocycles. The van der Waals surface area contributed by atoms with Gasteiger partial charge in [0, 0.05) is 28.0 Å². The highest BCUT2D eigenvalue weighted by molar-refractivity contribution is 7.98. The Kier molecular flexibility index (Phi) is 6.61. The molecule has 1 heterocycles. The minimum absolute atomic E-state index is 0.302. The molecule has 1 aliphatic heterocycles. The summed E-state index contributed by atoms with van der Waals surface area (Å²) < 4.78 is 44.0. The maximum absolute atomic E-state index is 13.0. The summed E-state index contributed by atoms with van der Waals surface area (Å²) in [5.74, 6) is -0.333. The molecule has 30 heavy (non-hydrogen) atoms. The summed E-state index contributed by atoms with van der Waals surface area (Å²) in [6.45, 7) is 3.75. The molecule has 2 aromatic rings. The number of carbonyl (C=O) groups is 1. The van der Waals surface area contributed by atoms with E-state index in [4.69, 9.17) is 4.74 Å². The number of hydrogen-bond donors (Lipinski definition) is 1. The standard InChI is InChI=1S/C23H22F3NO2S/c1-14-11-19(21(15(2)27-14)22(28)29-3)18-9-4-5-10-20(18)30-13-16-7-6-8-17(12-16)23(24,25)26/h4-12,19,27H,13H2,1-3H3. The average molecular weight is 433 g/mol. The number of carbonyl (C=O) groups excluding carboxylic acids is 1. The van der Waals surface area contributed by atoms with E-state index in [-0.39, 0.29) is 5.92 Å². The topological polar surface area (TPSA) is 38.3 Å². The first-order valence-electron chi connectivity index (χ1n) is 9.33. The molecule has 1 aliphatic rings. The van der Waals surface area contributed by atoms with Crippen molar-refractivity contribution in [3.8, 4) is 0 Å². The minimum atomic E-state index is -4.37. The normalized spacial score (nSPS) is 16.7. The fourth-order valence-corrected chi connectivity index (χ4v) is 4.51. The SMILES string of the molecule is COC(=O)C1=C(C)NC(C)=CC1c1ccccc1SCc1cccc(C(F)(F)F)c1. The van der Waals surface area contributed by atoms with Gasteiger partial charge >= 0.3 is 12.1 Å². The summed E-state index contributed by atoms with van der Waals surface area (Å²) in [4.78, 5) is 13.3. The van der Waals surface area contributed by atoms with E-state index in [0.29, 0.717) is 16.9 Å². The van der Waals surface area contributed by atoms with E-state index in [2.05, 4.69) is 5.32 Å². The largest absolute Gasteiger partial charge is 0.466 e. The van der Waals surface area contributed by atoms with Gasteiger partial charge < -0.3 is 10.1 Å². The number of benzene rings is 2. The fraction of sp³-hybridized carbons (Fsp3) is 0.261. The zero-order valence-electron chi connectivity index (χ0n) is 16.8. The molecule has 7 heteroatoms. The van der Waals surface area contributed by atoms with Crippen LogP contribution in [-0.4, -0.2) is 13.1 Å². The molecule has 158 valence electrons. The number of methoxy groups -OCH3 is 1. The summed E-state index contributed by atoms with van der Waals surface area (Å²) >= 11 is 1.45. The van der Waals surface area contributed by atoms with Crippen LogP contribution in [-0.2, 0) is 21.5 Å². The van der Waals surface area contributed by atoms with Gasteiger partial charge in [-0.1, -0.05) is 42.5 Å². The number of halogens is 3. The zero-order chi connectivity index (χ0) is 21.9. The number of ether oxygens (including phenoxy) is 1. The van der Waals surface area contributed by atoms with Gasteiger partial charge in [0.1, 0.15) is 0 Å². The molecule has 0 saturated heterocycles. The van der Waals surface area contributed by atoms with E-state index in [1.165, 1.54) is 31.0 Å². The number of nitrogens with one attached hydrogen (secondary N) is 1. The Morgan fingerprint density at radius 3 is 2.57 bits per heavy atom. The van der Waals surface area contributed by atoms with E-state index < -0.39 is 17.7 Å². The Morgan fingerprint density at radius 2 is 1.87 bits per heavy atom. The highest BCUT2D eigenvalue weighted by Crippen LogP contribution is 2.39. The molecule has 1 N–H and O–H groups in total. The van der Waals surface area contributed by atoms with Crippen LogP contribution in [0.3, 0.4) is 0 Å². The summed E-state index contributed by atoms with van der Waals surface area (Å²) in [7, 11) is 1.35. The van der Waals surface area contributed by atoms with Gasteiger partial charge in [0.05, 0.1) is 18.2 Å². The second-order valence-corrected chi connectivity index (χ2v) is 8.02. The quantitative estimate of drug-likeness (QED) is 0.461. The maximum Gasteiger partial charge on any atom is 0.416 e. The van der Waals surface area contributed by atoms with Crippen molar-refractivity contribution in [1.29, 1.82) is 0 Å². The van der Waals surface area contributed by atoms with Gasteiger partial charge in [-0.3, -0.25) is 0 Å². The van der Waals surface area contributed by atoms with Crippen molar-refractivity contribution in [3.05, 3.63) is 88.3 Å². The molecular formula is C23H22F3NO2S. The Bertz CT molecular complexity index is 1010. The highest BCUT2D eigenvalue weighted by atomic mass is 32.2. The summed E-state index contributed by atoms with van der Waals surface area (Å²) in [5, 5.41) is 3.17. The molecule has 0 fully saturated rings. The predicted octanol–water partition coefficient (Wildman–Crippen LogP) is 6.04. The van der Waals surface area contributed by atoms with Gasteiger partial charge in [-0.2, -0.15) is 13.2 Å². The third-order valence-electron chi connectivity index (χ3n) is 4.82. The van der Waals surface area contributed by atoms with E-state index in [1.807, 2.05) is 44.2 Å². The van der Waals surface area contributed by atoms with Crippen LogP contribution in [0.25, 0.3) is 0 Å². The van der Waals surface area contributed by atoms with Crippen molar-refractivity contribution < 1.29 is 22.7 Å². The minimum Gasteiger partial charge on any atom is -0.466 e. The smallest absolute Gasteiger partial charge is 0.416 e. The number of hydrogen-bond acceptors (Lipinski definition) is 4. The monoisotopic (exact) mass is 433 g/mol. The molecule has 3 rings (SSSR count). The van der Waals surface area contributed by atoms with Gasteiger partial charge in [0.15, 0.2) is 0 Å². The fourth-order valence-electron chi connectivity index (χ4n) is 3.47. The Morgan fingerprint density at radius 1 is 1.13 bits per heavy atom. The highest BCUT2D eigenvalue weighted by Gasteiger charge is 2.31. The maximum atomic E-state index is 13.0. The van der Waals surface area contributed by atoms with Crippen LogP contribution in [0.1, 0.15) is 36.5 Å². The van der Waals surface area contributed by atoms with E-state index in [9.17, 15) is 18.0 Å². The summed E-state index contributed by atoms with van der Waals surface area (Å²) in [6.07, 6.45) is -2.41. The van der Waals surface area contributed by atoms with Crippen LogP contribution in [0.5, 0.6) is 0 Å². The molecule has 0 amide bonds. The third kappa shape index (κ3) is 4.90.